The van der Waals surface area contributed by atoms with Crippen LogP contribution >= 0.6 is 0 Å². The average molecular weight is 304 g/mol. The fourth-order valence-electron chi connectivity index (χ4n) is 3.94. The molecule has 0 radical (unpaired) electrons. The summed E-state index contributed by atoms with van der Waals surface area (Å²) in [6.07, 6.45) is 1.90. The highest BCUT2D eigenvalue weighted by Gasteiger charge is 2.54. The number of ether oxygens (including phenoxy) is 1. The molecule has 4 heterocycles. The first kappa shape index (κ1) is 13.9. The zero-order valence-corrected chi connectivity index (χ0v) is 12.8. The smallest absolute Gasteiger partial charge is 0.152 e. The maximum atomic E-state index is 15.5. The lowest BCUT2D eigenvalue weighted by Gasteiger charge is -2.50. The second kappa shape index (κ2) is 5.19. The molecule has 22 heavy (non-hydrogen) atoms. The molecule has 118 valence electrons. The Bertz CT molecular complexity index is 570. The number of benzene rings is 1. The summed E-state index contributed by atoms with van der Waals surface area (Å²) in [5.74, 6) is 0.938. The lowest BCUT2D eigenvalue weighted by Crippen LogP contribution is -2.62. The second-order valence-corrected chi connectivity index (χ2v) is 6.48. The van der Waals surface area contributed by atoms with Gasteiger partial charge in [-0.25, -0.2) is 9.40 Å². The molecule has 3 saturated heterocycles. The van der Waals surface area contributed by atoms with Crippen molar-refractivity contribution in [2.75, 3.05) is 38.3 Å². The molecule has 0 N–H and O–H groups in total. The van der Waals surface area contributed by atoms with Gasteiger partial charge in [0.2, 0.25) is 0 Å². The second-order valence-electron chi connectivity index (χ2n) is 6.48. The van der Waals surface area contributed by atoms with Crippen LogP contribution in [0.2, 0.25) is 0 Å². The summed E-state index contributed by atoms with van der Waals surface area (Å²) in [5, 5.41) is 10.3. The number of nitrogens with zero attached hydrogens (tertiary/aromatic N) is 4. The number of methoxy groups -OCH3 is 1. The van der Waals surface area contributed by atoms with E-state index >= 15 is 4.39 Å². The summed E-state index contributed by atoms with van der Waals surface area (Å²) < 4.78 is 20.7. The fraction of sp³-hybridized carbons (Fsp3) is 0.625. The molecule has 1 aromatic rings. The Morgan fingerprint density at radius 1 is 1.23 bits per heavy atom. The molecule has 0 saturated carbocycles. The summed E-state index contributed by atoms with van der Waals surface area (Å²) in [5.41, 5.74) is -0.293. The van der Waals surface area contributed by atoms with Crippen molar-refractivity contribution in [1.82, 2.24) is 4.90 Å². The third kappa shape index (κ3) is 2.17. The first-order chi connectivity index (χ1) is 10.7. The minimum absolute atomic E-state index is 0.136. The molecule has 4 aliphatic heterocycles. The molecule has 0 aromatic heterocycles. The quantitative estimate of drug-likeness (QED) is 0.862. The van der Waals surface area contributed by atoms with Gasteiger partial charge in [0.25, 0.3) is 0 Å². The largest absolute Gasteiger partial charge is 0.497 e. The van der Waals surface area contributed by atoms with E-state index in [1.165, 1.54) is 0 Å². The summed E-state index contributed by atoms with van der Waals surface area (Å²) in [4.78, 5) is 2.23. The number of hydrogen-bond donors (Lipinski definition) is 0. The van der Waals surface area contributed by atoms with E-state index in [4.69, 9.17) is 4.74 Å². The zero-order valence-electron chi connectivity index (χ0n) is 12.8. The van der Waals surface area contributed by atoms with Crippen LogP contribution in [0.4, 0.5) is 10.1 Å². The van der Waals surface area contributed by atoms with Gasteiger partial charge in [0.15, 0.2) is 5.67 Å². The van der Waals surface area contributed by atoms with Gasteiger partial charge < -0.3 is 9.64 Å². The molecule has 6 heteroatoms. The van der Waals surface area contributed by atoms with Gasteiger partial charge in [-0.3, -0.25) is 0 Å². The van der Waals surface area contributed by atoms with E-state index in [0.717, 1.165) is 37.4 Å². The molecule has 2 unspecified atom stereocenters. The van der Waals surface area contributed by atoms with Crippen LogP contribution in [-0.2, 0) is 0 Å². The molecule has 5 nitrogen and oxygen atoms in total. The Hall–Kier alpha value is -1.69. The van der Waals surface area contributed by atoms with E-state index in [0.29, 0.717) is 13.1 Å². The number of halogens is 1. The van der Waals surface area contributed by atoms with Crippen molar-refractivity contribution in [3.8, 4) is 5.75 Å². The van der Waals surface area contributed by atoms with Gasteiger partial charge in [0.05, 0.1) is 19.3 Å². The summed E-state index contributed by atoms with van der Waals surface area (Å²) in [7, 11) is 1.64. The first-order valence-corrected chi connectivity index (χ1v) is 7.93. The Balaban J connectivity index is 1.49. The molecular formula is C16H21FN4O. The van der Waals surface area contributed by atoms with Crippen LogP contribution in [0.1, 0.15) is 12.8 Å². The van der Waals surface area contributed by atoms with Crippen molar-refractivity contribution in [1.29, 1.82) is 0 Å². The van der Waals surface area contributed by atoms with Crippen LogP contribution in [0.25, 0.3) is 0 Å². The minimum atomic E-state index is -1.22. The predicted molar refractivity (Wildman–Crippen MR) is 82.0 cm³/mol. The predicted octanol–water partition coefficient (Wildman–Crippen LogP) is 2.68. The molecule has 3 fully saturated rings. The normalized spacial score (nSPS) is 36.8. The molecule has 4 aliphatic rings. The van der Waals surface area contributed by atoms with Crippen molar-refractivity contribution in [2.45, 2.75) is 24.6 Å². The summed E-state index contributed by atoms with van der Waals surface area (Å²) in [6.45, 7) is 3.09. The number of fused-ring (bicyclic) bond motifs is 3. The highest BCUT2D eigenvalue weighted by molar-refractivity contribution is 5.49. The summed E-state index contributed by atoms with van der Waals surface area (Å²) >= 11 is 0. The lowest BCUT2D eigenvalue weighted by molar-refractivity contribution is -0.0662. The topological polar surface area (TPSA) is 40.4 Å². The van der Waals surface area contributed by atoms with Crippen molar-refractivity contribution in [3.63, 3.8) is 0 Å². The van der Waals surface area contributed by atoms with Crippen LogP contribution in [0.15, 0.2) is 34.6 Å². The third-order valence-corrected chi connectivity index (χ3v) is 5.30. The minimum Gasteiger partial charge on any atom is -0.497 e. The van der Waals surface area contributed by atoms with Crippen LogP contribution < -0.4 is 9.75 Å². The Labute approximate surface area is 129 Å². The van der Waals surface area contributed by atoms with E-state index in [1.807, 2.05) is 24.3 Å². The van der Waals surface area contributed by atoms with Crippen LogP contribution in [-0.4, -0.2) is 49.9 Å². The first-order valence-electron chi connectivity index (χ1n) is 7.93. The van der Waals surface area contributed by atoms with E-state index in [2.05, 4.69) is 15.2 Å². The third-order valence-electron chi connectivity index (χ3n) is 5.30. The van der Waals surface area contributed by atoms with Crippen LogP contribution in [0, 0.1) is 5.92 Å². The zero-order chi connectivity index (χ0) is 15.2. The Morgan fingerprint density at radius 3 is 2.55 bits per heavy atom. The molecule has 2 bridgehead atoms. The highest BCUT2D eigenvalue weighted by atomic mass is 19.1. The molecule has 0 aliphatic carbocycles. The van der Waals surface area contributed by atoms with Crippen molar-refractivity contribution >= 4 is 5.69 Å². The van der Waals surface area contributed by atoms with Gasteiger partial charge >= 0.3 is 0 Å². The molecular weight excluding hydrogens is 283 g/mol. The molecule has 0 amide bonds. The van der Waals surface area contributed by atoms with Crippen molar-refractivity contribution in [3.05, 3.63) is 24.3 Å². The van der Waals surface area contributed by atoms with Crippen LogP contribution in [0.3, 0.4) is 0 Å². The number of alkyl halides is 1. The van der Waals surface area contributed by atoms with E-state index in [9.17, 15) is 0 Å². The number of anilines is 1. The standard InChI is InChI=1S/C16H21FN4O/c1-22-14-4-2-13(3-5-14)21-10-15(18-19-21)16(17)11-20-8-6-12(16)7-9-20/h2-5,12,15H,6-11H2,1H3. The maximum absolute atomic E-state index is 15.5. The van der Waals surface area contributed by atoms with E-state index in [1.54, 1.807) is 12.1 Å². The highest BCUT2D eigenvalue weighted by Crippen LogP contribution is 2.43. The molecule has 1 aromatic carbocycles. The van der Waals surface area contributed by atoms with Crippen molar-refractivity contribution < 1.29 is 9.13 Å². The van der Waals surface area contributed by atoms with E-state index < -0.39 is 5.67 Å². The Kier molecular flexibility index (Phi) is 3.29. The SMILES string of the molecule is COc1ccc(N2CC(C3(F)CN4CCC3CC4)N=N2)cc1. The average Bonchev–Trinajstić information content (AvgIpc) is 3.07. The maximum Gasteiger partial charge on any atom is 0.152 e. The number of rotatable bonds is 3. The number of hydrogen-bond acceptors (Lipinski definition) is 5. The molecule has 5 rings (SSSR count). The van der Waals surface area contributed by atoms with Gasteiger partial charge in [-0.1, -0.05) is 5.22 Å². The van der Waals surface area contributed by atoms with Crippen LogP contribution in [0.5, 0.6) is 5.75 Å². The molecule has 0 spiro atoms. The van der Waals surface area contributed by atoms with Gasteiger partial charge in [0, 0.05) is 6.54 Å². The fourth-order valence-corrected chi connectivity index (χ4v) is 3.94. The van der Waals surface area contributed by atoms with Gasteiger partial charge in [-0.2, -0.15) is 5.11 Å². The van der Waals surface area contributed by atoms with Gasteiger partial charge in [-0.15, -0.1) is 0 Å². The van der Waals surface area contributed by atoms with Gasteiger partial charge in [0.1, 0.15) is 11.8 Å². The van der Waals surface area contributed by atoms with Gasteiger partial charge in [-0.05, 0) is 56.1 Å². The van der Waals surface area contributed by atoms with Crippen molar-refractivity contribution in [2.24, 2.45) is 16.3 Å². The van der Waals surface area contributed by atoms with E-state index in [-0.39, 0.29) is 12.0 Å². The molecule has 2 atom stereocenters. The summed E-state index contributed by atoms with van der Waals surface area (Å²) in [6, 6.07) is 7.28. The Morgan fingerprint density at radius 2 is 1.95 bits per heavy atom. The monoisotopic (exact) mass is 304 g/mol. The number of piperidine rings is 3. The lowest BCUT2D eigenvalue weighted by atomic mass is 9.73.